The smallest absolute Gasteiger partial charge is 0.264 e. The van der Waals surface area contributed by atoms with Gasteiger partial charge in [-0.2, -0.15) is 5.26 Å². The second kappa shape index (κ2) is 7.47. The van der Waals surface area contributed by atoms with Crippen molar-refractivity contribution in [2.45, 2.75) is 31.1 Å². The lowest BCUT2D eigenvalue weighted by Crippen LogP contribution is -2.33. The first-order valence-corrected chi connectivity index (χ1v) is 10.3. The molecule has 2 aromatic heterocycles. The van der Waals surface area contributed by atoms with Gasteiger partial charge in [-0.15, -0.1) is 0 Å². The van der Waals surface area contributed by atoms with E-state index in [1.54, 1.807) is 0 Å². The van der Waals surface area contributed by atoms with Crippen molar-refractivity contribution < 1.29 is 13.5 Å². The lowest BCUT2D eigenvalue weighted by molar-refractivity contribution is 0.0675. The number of nitriles is 1. The predicted molar refractivity (Wildman–Crippen MR) is 108 cm³/mol. The molecule has 0 amide bonds. The van der Waals surface area contributed by atoms with E-state index in [-0.39, 0.29) is 5.56 Å². The topological polar surface area (TPSA) is 74.1 Å². The number of anilines is 3. The van der Waals surface area contributed by atoms with E-state index < -0.39 is 11.8 Å². The second-order valence-corrected chi connectivity index (χ2v) is 8.47. The number of piperidine rings is 1. The minimum Gasteiger partial charge on any atom is -0.381 e. The SMILES string of the molecule is N#CC1(c2cc(Nc3cc(C(F)F)ccn3)nc(N3CC4CC4C3)c2)CCOCC1. The highest BCUT2D eigenvalue weighted by Crippen LogP contribution is 2.47. The standard InChI is InChI=1S/C22H23F2N5O/c23-21(24)14-1-4-26-18(8-14)27-19-9-17(22(13-25)2-5-30-6-3-22)10-20(28-19)29-11-15-7-16(15)12-29/h1,4,8-10,15-16,21H,2-3,5-7,11-12H2,(H,26,27,28). The number of halogens is 2. The zero-order valence-corrected chi connectivity index (χ0v) is 16.5. The minimum atomic E-state index is -2.57. The van der Waals surface area contributed by atoms with E-state index in [0.29, 0.717) is 37.7 Å². The molecule has 1 N–H and O–H groups in total. The Labute approximate surface area is 173 Å². The van der Waals surface area contributed by atoms with Crippen molar-refractivity contribution in [1.29, 1.82) is 5.26 Å². The normalized spacial score (nSPS) is 24.4. The molecule has 0 spiro atoms. The van der Waals surface area contributed by atoms with E-state index in [4.69, 9.17) is 9.72 Å². The zero-order chi connectivity index (χ0) is 20.7. The predicted octanol–water partition coefficient (Wildman–Crippen LogP) is 4.19. The molecular weight excluding hydrogens is 388 g/mol. The average molecular weight is 411 g/mol. The first-order chi connectivity index (χ1) is 14.6. The molecule has 30 heavy (non-hydrogen) atoms. The summed E-state index contributed by atoms with van der Waals surface area (Å²) < 4.78 is 31.6. The van der Waals surface area contributed by atoms with Crippen LogP contribution in [0.1, 0.15) is 36.8 Å². The van der Waals surface area contributed by atoms with Crippen molar-refractivity contribution in [1.82, 2.24) is 9.97 Å². The van der Waals surface area contributed by atoms with E-state index in [0.717, 1.165) is 36.3 Å². The molecule has 2 unspecified atom stereocenters. The molecule has 2 aromatic rings. The van der Waals surface area contributed by atoms with Gasteiger partial charge < -0.3 is 15.0 Å². The molecule has 2 atom stereocenters. The maximum absolute atomic E-state index is 13.1. The summed E-state index contributed by atoms with van der Waals surface area (Å²) >= 11 is 0. The molecule has 0 aromatic carbocycles. The van der Waals surface area contributed by atoms with Gasteiger partial charge in [0.2, 0.25) is 0 Å². The van der Waals surface area contributed by atoms with E-state index >= 15 is 0 Å². The first kappa shape index (κ1) is 19.2. The Morgan fingerprint density at radius 2 is 1.93 bits per heavy atom. The van der Waals surface area contributed by atoms with Gasteiger partial charge in [0.05, 0.1) is 11.5 Å². The molecule has 4 heterocycles. The first-order valence-electron chi connectivity index (χ1n) is 10.3. The van der Waals surface area contributed by atoms with E-state index in [1.165, 1.54) is 24.8 Å². The van der Waals surface area contributed by atoms with Crippen LogP contribution >= 0.6 is 0 Å². The Kier molecular flexibility index (Phi) is 4.78. The van der Waals surface area contributed by atoms with Crippen LogP contribution in [0, 0.1) is 23.2 Å². The minimum absolute atomic E-state index is 0.0959. The van der Waals surface area contributed by atoms with Gasteiger partial charge in [0, 0.05) is 38.1 Å². The van der Waals surface area contributed by atoms with Crippen LogP contribution in [0.15, 0.2) is 30.5 Å². The summed E-state index contributed by atoms with van der Waals surface area (Å²) in [6.45, 7) is 3.03. The van der Waals surface area contributed by atoms with Gasteiger partial charge in [0.1, 0.15) is 17.5 Å². The molecule has 2 aliphatic heterocycles. The molecule has 1 saturated carbocycles. The van der Waals surface area contributed by atoms with Crippen LogP contribution in [0.25, 0.3) is 0 Å². The fourth-order valence-corrected chi connectivity index (χ4v) is 4.57. The third-order valence-corrected chi connectivity index (χ3v) is 6.52. The summed E-state index contributed by atoms with van der Waals surface area (Å²) in [7, 11) is 0. The van der Waals surface area contributed by atoms with Gasteiger partial charge in [-0.3, -0.25) is 0 Å². The van der Waals surface area contributed by atoms with Crippen molar-refractivity contribution in [3.8, 4) is 6.07 Å². The highest BCUT2D eigenvalue weighted by Gasteiger charge is 2.46. The van der Waals surface area contributed by atoms with Crippen LogP contribution < -0.4 is 10.2 Å². The maximum Gasteiger partial charge on any atom is 0.264 e. The Balaban J connectivity index is 1.51. The van der Waals surface area contributed by atoms with Gasteiger partial charge >= 0.3 is 0 Å². The number of hydrogen-bond acceptors (Lipinski definition) is 6. The third-order valence-electron chi connectivity index (χ3n) is 6.52. The van der Waals surface area contributed by atoms with Gasteiger partial charge in [-0.25, -0.2) is 18.7 Å². The maximum atomic E-state index is 13.1. The van der Waals surface area contributed by atoms with E-state index in [9.17, 15) is 14.0 Å². The van der Waals surface area contributed by atoms with Crippen LogP contribution in [0.2, 0.25) is 0 Å². The van der Waals surface area contributed by atoms with Crippen molar-refractivity contribution in [2.75, 3.05) is 36.5 Å². The number of nitrogens with zero attached hydrogens (tertiary/aromatic N) is 4. The zero-order valence-electron chi connectivity index (χ0n) is 16.5. The molecule has 0 radical (unpaired) electrons. The molecule has 3 aliphatic rings. The fourth-order valence-electron chi connectivity index (χ4n) is 4.57. The lowest BCUT2D eigenvalue weighted by Gasteiger charge is -2.32. The highest BCUT2D eigenvalue weighted by atomic mass is 19.3. The van der Waals surface area contributed by atoms with Crippen molar-refractivity contribution in [3.63, 3.8) is 0 Å². The summed E-state index contributed by atoms with van der Waals surface area (Å²) in [5, 5.41) is 13.1. The average Bonchev–Trinajstić information content (AvgIpc) is 3.39. The van der Waals surface area contributed by atoms with Crippen LogP contribution in [0.3, 0.4) is 0 Å². The van der Waals surface area contributed by atoms with Crippen LogP contribution in [0.4, 0.5) is 26.2 Å². The molecular formula is C22H23F2N5O. The fraction of sp³-hybridized carbons (Fsp3) is 0.500. The van der Waals surface area contributed by atoms with E-state index in [2.05, 4.69) is 21.3 Å². The van der Waals surface area contributed by atoms with E-state index in [1.807, 2.05) is 12.1 Å². The molecule has 8 heteroatoms. The summed E-state index contributed by atoms with van der Waals surface area (Å²) in [4.78, 5) is 11.2. The summed E-state index contributed by atoms with van der Waals surface area (Å²) in [6, 6.07) is 9.02. The number of fused-ring (bicyclic) bond motifs is 1. The quantitative estimate of drug-likeness (QED) is 0.796. The van der Waals surface area contributed by atoms with Crippen LogP contribution in [0.5, 0.6) is 0 Å². The molecule has 3 fully saturated rings. The van der Waals surface area contributed by atoms with Gasteiger partial charge in [0.15, 0.2) is 0 Å². The van der Waals surface area contributed by atoms with Gasteiger partial charge in [-0.1, -0.05) is 0 Å². The molecule has 6 nitrogen and oxygen atoms in total. The second-order valence-electron chi connectivity index (χ2n) is 8.47. The third kappa shape index (κ3) is 3.58. The molecule has 5 rings (SSSR count). The largest absolute Gasteiger partial charge is 0.381 e. The van der Waals surface area contributed by atoms with Gasteiger partial charge in [0.25, 0.3) is 6.43 Å². The number of pyridine rings is 2. The molecule has 1 aliphatic carbocycles. The molecule has 156 valence electrons. The Bertz CT molecular complexity index is 976. The van der Waals surface area contributed by atoms with Crippen LogP contribution in [-0.4, -0.2) is 36.3 Å². The summed E-state index contributed by atoms with van der Waals surface area (Å²) in [6.07, 6.45) is 1.32. The highest BCUT2D eigenvalue weighted by molar-refractivity contribution is 5.60. The molecule has 2 saturated heterocycles. The number of alkyl halides is 2. The number of ether oxygens (including phenoxy) is 1. The Morgan fingerprint density at radius 1 is 1.17 bits per heavy atom. The monoisotopic (exact) mass is 411 g/mol. The lowest BCUT2D eigenvalue weighted by atomic mass is 9.75. The molecule has 0 bridgehead atoms. The number of rotatable bonds is 5. The number of aromatic nitrogens is 2. The van der Waals surface area contributed by atoms with Crippen molar-refractivity contribution >= 4 is 17.5 Å². The van der Waals surface area contributed by atoms with Crippen molar-refractivity contribution in [3.05, 3.63) is 41.6 Å². The number of nitrogens with one attached hydrogen (secondary N) is 1. The summed E-state index contributed by atoms with van der Waals surface area (Å²) in [5.74, 6) is 3.13. The Hall–Kier alpha value is -2.79. The Morgan fingerprint density at radius 3 is 2.63 bits per heavy atom. The summed E-state index contributed by atoms with van der Waals surface area (Å²) in [5.41, 5.74) is 0.167. The van der Waals surface area contributed by atoms with Gasteiger partial charge in [-0.05, 0) is 60.9 Å². The number of hydrogen-bond donors (Lipinski definition) is 1. The van der Waals surface area contributed by atoms with Crippen LogP contribution in [-0.2, 0) is 10.2 Å². The van der Waals surface area contributed by atoms with Crippen molar-refractivity contribution in [2.24, 2.45) is 11.8 Å².